The molecule has 5 heteroatoms. The van der Waals surface area contributed by atoms with Crippen LogP contribution in [-0.2, 0) is 22.6 Å². The SMILES string of the molecule is COc1cc(CCC(=O)OCc2ccc(-c3ccccc3)cc2)cc(OC)c1OC. The number of benzene rings is 3. The summed E-state index contributed by atoms with van der Waals surface area (Å²) in [6.45, 7) is 0.253. The predicted octanol–water partition coefficient (Wildman–Crippen LogP) is 5.06. The number of aryl methyl sites for hydroxylation is 1. The first-order valence-electron chi connectivity index (χ1n) is 9.73. The molecule has 0 saturated heterocycles. The van der Waals surface area contributed by atoms with E-state index in [4.69, 9.17) is 18.9 Å². The van der Waals surface area contributed by atoms with Crippen molar-refractivity contribution in [2.45, 2.75) is 19.4 Å². The Bertz CT molecular complexity index is 940. The highest BCUT2D eigenvalue weighted by atomic mass is 16.5. The molecule has 156 valence electrons. The highest BCUT2D eigenvalue weighted by Crippen LogP contribution is 2.38. The van der Waals surface area contributed by atoms with E-state index in [0.717, 1.165) is 22.3 Å². The van der Waals surface area contributed by atoms with Gasteiger partial charge < -0.3 is 18.9 Å². The minimum Gasteiger partial charge on any atom is -0.493 e. The van der Waals surface area contributed by atoms with Gasteiger partial charge in [-0.1, -0.05) is 54.6 Å². The number of carbonyl (C=O) groups is 1. The van der Waals surface area contributed by atoms with Crippen molar-refractivity contribution in [1.82, 2.24) is 0 Å². The van der Waals surface area contributed by atoms with Gasteiger partial charge in [0.25, 0.3) is 0 Å². The first-order chi connectivity index (χ1) is 14.6. The van der Waals surface area contributed by atoms with Gasteiger partial charge in [0, 0.05) is 6.42 Å². The van der Waals surface area contributed by atoms with E-state index in [1.807, 2.05) is 54.6 Å². The molecule has 0 aliphatic heterocycles. The van der Waals surface area contributed by atoms with Crippen LogP contribution in [0, 0.1) is 0 Å². The summed E-state index contributed by atoms with van der Waals surface area (Å²) in [7, 11) is 4.70. The van der Waals surface area contributed by atoms with Crippen LogP contribution >= 0.6 is 0 Å². The fraction of sp³-hybridized carbons (Fsp3) is 0.240. The van der Waals surface area contributed by atoms with Gasteiger partial charge in [-0.15, -0.1) is 0 Å². The fourth-order valence-electron chi connectivity index (χ4n) is 3.19. The van der Waals surface area contributed by atoms with Crippen LogP contribution < -0.4 is 14.2 Å². The zero-order chi connectivity index (χ0) is 21.3. The zero-order valence-electron chi connectivity index (χ0n) is 17.5. The quantitative estimate of drug-likeness (QED) is 0.465. The van der Waals surface area contributed by atoms with Crippen LogP contribution in [-0.4, -0.2) is 27.3 Å². The molecule has 0 saturated carbocycles. The molecule has 0 aliphatic carbocycles. The maximum atomic E-state index is 12.2. The molecule has 0 spiro atoms. The van der Waals surface area contributed by atoms with Crippen molar-refractivity contribution in [2.24, 2.45) is 0 Å². The van der Waals surface area contributed by atoms with E-state index >= 15 is 0 Å². The summed E-state index contributed by atoms with van der Waals surface area (Å²) in [5.74, 6) is 1.42. The third-order valence-electron chi connectivity index (χ3n) is 4.80. The number of rotatable bonds is 9. The Kier molecular flexibility index (Phi) is 7.33. The maximum absolute atomic E-state index is 12.2. The molecular formula is C25H26O5. The normalized spacial score (nSPS) is 10.4. The fourth-order valence-corrected chi connectivity index (χ4v) is 3.19. The van der Waals surface area contributed by atoms with Crippen molar-refractivity contribution < 1.29 is 23.7 Å². The van der Waals surface area contributed by atoms with E-state index in [9.17, 15) is 4.79 Å². The van der Waals surface area contributed by atoms with Crippen LogP contribution in [0.2, 0.25) is 0 Å². The summed E-state index contributed by atoms with van der Waals surface area (Å²) in [4.78, 5) is 12.2. The molecule has 30 heavy (non-hydrogen) atoms. The largest absolute Gasteiger partial charge is 0.493 e. The smallest absolute Gasteiger partial charge is 0.306 e. The molecule has 0 radical (unpaired) electrons. The van der Waals surface area contributed by atoms with Gasteiger partial charge in [0.15, 0.2) is 11.5 Å². The van der Waals surface area contributed by atoms with E-state index in [1.54, 1.807) is 21.3 Å². The minimum atomic E-state index is -0.254. The van der Waals surface area contributed by atoms with Gasteiger partial charge in [0.05, 0.1) is 21.3 Å². The van der Waals surface area contributed by atoms with Gasteiger partial charge in [-0.05, 0) is 40.8 Å². The molecule has 0 fully saturated rings. The van der Waals surface area contributed by atoms with E-state index < -0.39 is 0 Å². The van der Waals surface area contributed by atoms with Gasteiger partial charge in [-0.25, -0.2) is 0 Å². The van der Waals surface area contributed by atoms with E-state index in [0.29, 0.717) is 23.7 Å². The van der Waals surface area contributed by atoms with Crippen LogP contribution in [0.4, 0.5) is 0 Å². The number of hydrogen-bond donors (Lipinski definition) is 0. The Morgan fingerprint density at radius 2 is 1.33 bits per heavy atom. The van der Waals surface area contributed by atoms with E-state index in [1.165, 1.54) is 0 Å². The summed E-state index contributed by atoms with van der Waals surface area (Å²) in [5.41, 5.74) is 4.16. The average Bonchev–Trinajstić information content (AvgIpc) is 2.81. The van der Waals surface area contributed by atoms with Crippen molar-refractivity contribution in [3.8, 4) is 28.4 Å². The summed E-state index contributed by atoms with van der Waals surface area (Å²) >= 11 is 0. The van der Waals surface area contributed by atoms with Crippen molar-refractivity contribution in [2.75, 3.05) is 21.3 Å². The Morgan fingerprint density at radius 1 is 0.733 bits per heavy atom. The molecule has 0 atom stereocenters. The van der Waals surface area contributed by atoms with Crippen LogP contribution in [0.5, 0.6) is 17.2 Å². The summed E-state index contributed by atoms with van der Waals surface area (Å²) < 4.78 is 21.5. The minimum absolute atomic E-state index is 0.253. The van der Waals surface area contributed by atoms with Gasteiger partial charge in [0.1, 0.15) is 6.61 Å². The van der Waals surface area contributed by atoms with Crippen LogP contribution in [0.15, 0.2) is 66.7 Å². The Labute approximate surface area is 177 Å². The highest BCUT2D eigenvalue weighted by Gasteiger charge is 2.14. The second-order valence-corrected chi connectivity index (χ2v) is 6.76. The number of carbonyl (C=O) groups excluding carboxylic acids is 1. The lowest BCUT2D eigenvalue weighted by molar-refractivity contribution is -0.144. The van der Waals surface area contributed by atoms with E-state index in [2.05, 4.69) is 12.1 Å². The number of ether oxygens (including phenoxy) is 4. The van der Waals surface area contributed by atoms with Crippen molar-refractivity contribution in [3.63, 3.8) is 0 Å². The lowest BCUT2D eigenvalue weighted by Gasteiger charge is -2.14. The number of esters is 1. The molecule has 3 aromatic rings. The average molecular weight is 406 g/mol. The maximum Gasteiger partial charge on any atom is 0.306 e. The van der Waals surface area contributed by atoms with Gasteiger partial charge in [-0.2, -0.15) is 0 Å². The molecule has 3 rings (SSSR count). The highest BCUT2D eigenvalue weighted by molar-refractivity contribution is 5.70. The molecule has 0 amide bonds. The molecule has 0 unspecified atom stereocenters. The number of methoxy groups -OCH3 is 3. The molecule has 3 aromatic carbocycles. The predicted molar refractivity (Wildman–Crippen MR) is 116 cm³/mol. The second kappa shape index (κ2) is 10.3. The van der Waals surface area contributed by atoms with E-state index in [-0.39, 0.29) is 19.0 Å². The topological polar surface area (TPSA) is 54.0 Å². The Balaban J connectivity index is 1.54. The Morgan fingerprint density at radius 3 is 1.90 bits per heavy atom. The monoisotopic (exact) mass is 406 g/mol. The molecule has 0 heterocycles. The van der Waals surface area contributed by atoms with Crippen molar-refractivity contribution in [3.05, 3.63) is 77.9 Å². The van der Waals surface area contributed by atoms with Crippen LogP contribution in [0.3, 0.4) is 0 Å². The molecular weight excluding hydrogens is 380 g/mol. The Hall–Kier alpha value is -3.47. The second-order valence-electron chi connectivity index (χ2n) is 6.76. The molecule has 0 N–H and O–H groups in total. The number of hydrogen-bond acceptors (Lipinski definition) is 5. The lowest BCUT2D eigenvalue weighted by Crippen LogP contribution is -2.06. The van der Waals surface area contributed by atoms with Crippen LogP contribution in [0.25, 0.3) is 11.1 Å². The summed E-state index contributed by atoms with van der Waals surface area (Å²) in [5, 5.41) is 0. The standard InChI is InChI=1S/C25H26O5/c1-27-22-15-19(16-23(28-2)25(22)29-3)11-14-24(26)30-17-18-9-12-21(13-10-18)20-7-5-4-6-8-20/h4-10,12-13,15-16H,11,14,17H2,1-3H3. The third-order valence-corrected chi connectivity index (χ3v) is 4.80. The van der Waals surface area contributed by atoms with Gasteiger partial charge >= 0.3 is 5.97 Å². The molecule has 0 bridgehead atoms. The van der Waals surface area contributed by atoms with Crippen molar-refractivity contribution in [1.29, 1.82) is 0 Å². The molecule has 0 aliphatic rings. The molecule has 5 nitrogen and oxygen atoms in total. The summed E-state index contributed by atoms with van der Waals surface area (Å²) in [6.07, 6.45) is 0.781. The van der Waals surface area contributed by atoms with Crippen LogP contribution in [0.1, 0.15) is 17.5 Å². The molecule has 0 aromatic heterocycles. The zero-order valence-corrected chi connectivity index (χ0v) is 17.5. The lowest BCUT2D eigenvalue weighted by atomic mass is 10.0. The summed E-state index contributed by atoms with van der Waals surface area (Å²) in [6, 6.07) is 21.9. The third kappa shape index (κ3) is 5.32. The van der Waals surface area contributed by atoms with Crippen molar-refractivity contribution >= 4 is 5.97 Å². The first kappa shape index (κ1) is 21.2. The first-order valence-corrected chi connectivity index (χ1v) is 9.73. The van der Waals surface area contributed by atoms with Gasteiger partial charge in [0.2, 0.25) is 5.75 Å². The van der Waals surface area contributed by atoms with Gasteiger partial charge in [-0.3, -0.25) is 4.79 Å².